The Morgan fingerprint density at radius 1 is 1.53 bits per heavy atom. The molecule has 2 aromatic rings. The van der Waals surface area contributed by atoms with Gasteiger partial charge in [-0.05, 0) is 18.2 Å². The molecule has 4 nitrogen and oxygen atoms in total. The first-order valence-electron chi connectivity index (χ1n) is 5.10. The molecule has 0 unspecified atom stereocenters. The van der Waals surface area contributed by atoms with Crippen molar-refractivity contribution in [3.8, 4) is 6.07 Å². The molecule has 0 spiro atoms. The van der Waals surface area contributed by atoms with E-state index in [1.165, 1.54) is 0 Å². The van der Waals surface area contributed by atoms with Crippen LogP contribution in [0.4, 0.5) is 5.69 Å². The highest BCUT2D eigenvalue weighted by Crippen LogP contribution is 2.21. The van der Waals surface area contributed by atoms with Gasteiger partial charge < -0.3 is 9.88 Å². The molecule has 0 aliphatic rings. The van der Waals surface area contributed by atoms with Gasteiger partial charge in [-0.2, -0.15) is 5.26 Å². The highest BCUT2D eigenvalue weighted by atomic mass is 79.9. The fraction of sp³-hybridized carbons (Fsp3) is 0.167. The van der Waals surface area contributed by atoms with Crippen LogP contribution in [0.5, 0.6) is 0 Å². The number of hydrogen-bond acceptors (Lipinski definition) is 3. The van der Waals surface area contributed by atoms with Crippen molar-refractivity contribution < 1.29 is 0 Å². The lowest BCUT2D eigenvalue weighted by Gasteiger charge is -2.08. The largest absolute Gasteiger partial charge is 0.377 e. The van der Waals surface area contributed by atoms with Crippen LogP contribution in [0, 0.1) is 11.3 Å². The van der Waals surface area contributed by atoms with Crippen molar-refractivity contribution in [3.63, 3.8) is 0 Å². The summed E-state index contributed by atoms with van der Waals surface area (Å²) in [4.78, 5) is 4.21. The van der Waals surface area contributed by atoms with Crippen LogP contribution in [0.3, 0.4) is 0 Å². The second-order valence-corrected chi connectivity index (χ2v) is 4.53. The second-order valence-electron chi connectivity index (χ2n) is 3.61. The molecule has 1 N–H and O–H groups in total. The molecular weight excluding hydrogens is 280 g/mol. The van der Waals surface area contributed by atoms with Gasteiger partial charge in [0, 0.05) is 23.9 Å². The first-order chi connectivity index (χ1) is 8.20. The van der Waals surface area contributed by atoms with Crippen LogP contribution < -0.4 is 5.32 Å². The Morgan fingerprint density at radius 3 is 3.00 bits per heavy atom. The number of aromatic nitrogens is 2. The molecule has 1 heterocycles. The Bertz CT molecular complexity index is 568. The molecule has 0 saturated heterocycles. The molecular formula is C12H11BrN4. The lowest BCUT2D eigenvalue weighted by molar-refractivity contribution is 0.813. The van der Waals surface area contributed by atoms with Crippen molar-refractivity contribution in [2.75, 3.05) is 5.32 Å². The van der Waals surface area contributed by atoms with E-state index >= 15 is 0 Å². The lowest BCUT2D eigenvalue weighted by Crippen LogP contribution is -2.06. The summed E-state index contributed by atoms with van der Waals surface area (Å²) >= 11 is 3.39. The summed E-state index contributed by atoms with van der Waals surface area (Å²) in [6.07, 6.45) is 3.65. The van der Waals surface area contributed by atoms with Crippen molar-refractivity contribution in [2.45, 2.75) is 6.54 Å². The maximum atomic E-state index is 8.99. The van der Waals surface area contributed by atoms with E-state index in [0.29, 0.717) is 12.1 Å². The zero-order valence-electron chi connectivity index (χ0n) is 9.31. The third kappa shape index (κ3) is 2.66. The van der Waals surface area contributed by atoms with E-state index in [1.807, 2.05) is 29.9 Å². The van der Waals surface area contributed by atoms with Crippen LogP contribution in [0.2, 0.25) is 0 Å². The quantitative estimate of drug-likeness (QED) is 0.946. The van der Waals surface area contributed by atoms with E-state index in [1.54, 1.807) is 12.3 Å². The first-order valence-corrected chi connectivity index (χ1v) is 5.89. The molecule has 5 heteroatoms. The lowest BCUT2D eigenvalue weighted by atomic mass is 10.2. The van der Waals surface area contributed by atoms with Crippen LogP contribution in [-0.4, -0.2) is 9.55 Å². The van der Waals surface area contributed by atoms with Crippen LogP contribution in [0.25, 0.3) is 0 Å². The molecule has 0 bridgehead atoms. The summed E-state index contributed by atoms with van der Waals surface area (Å²) in [6.45, 7) is 0.592. The Balaban J connectivity index is 2.17. The number of halogens is 1. The van der Waals surface area contributed by atoms with Gasteiger partial charge >= 0.3 is 0 Å². The van der Waals surface area contributed by atoms with Crippen molar-refractivity contribution in [1.29, 1.82) is 5.26 Å². The zero-order valence-corrected chi connectivity index (χ0v) is 10.9. The molecule has 2 rings (SSSR count). The van der Waals surface area contributed by atoms with Gasteiger partial charge in [-0.1, -0.05) is 15.9 Å². The Morgan fingerprint density at radius 2 is 2.35 bits per heavy atom. The molecule has 0 atom stereocenters. The fourth-order valence-corrected chi connectivity index (χ4v) is 1.86. The number of nitrogens with one attached hydrogen (secondary N) is 1. The van der Waals surface area contributed by atoms with Crippen molar-refractivity contribution >= 4 is 21.6 Å². The minimum atomic E-state index is 0.592. The summed E-state index contributed by atoms with van der Waals surface area (Å²) in [6, 6.07) is 7.68. The molecule has 0 saturated carbocycles. The van der Waals surface area contributed by atoms with Crippen LogP contribution in [-0.2, 0) is 13.6 Å². The molecule has 17 heavy (non-hydrogen) atoms. The van der Waals surface area contributed by atoms with Crippen LogP contribution in [0.15, 0.2) is 35.1 Å². The molecule has 0 radical (unpaired) electrons. The summed E-state index contributed by atoms with van der Waals surface area (Å²) < 4.78 is 2.88. The molecule has 1 aromatic carbocycles. The number of hydrogen-bond donors (Lipinski definition) is 1. The van der Waals surface area contributed by atoms with Crippen LogP contribution in [0.1, 0.15) is 11.4 Å². The Kier molecular flexibility index (Phi) is 3.45. The molecule has 1 aromatic heterocycles. The molecule has 86 valence electrons. The van der Waals surface area contributed by atoms with E-state index in [9.17, 15) is 0 Å². The van der Waals surface area contributed by atoms with E-state index < -0.39 is 0 Å². The number of anilines is 1. The Hall–Kier alpha value is -1.80. The van der Waals surface area contributed by atoms with E-state index in [-0.39, 0.29) is 0 Å². The minimum Gasteiger partial charge on any atom is -0.377 e. The van der Waals surface area contributed by atoms with Gasteiger partial charge in [-0.3, -0.25) is 0 Å². The highest BCUT2D eigenvalue weighted by Gasteiger charge is 2.04. The maximum Gasteiger partial charge on any atom is 0.127 e. The van der Waals surface area contributed by atoms with Gasteiger partial charge in [0.15, 0.2) is 0 Å². The van der Waals surface area contributed by atoms with Crippen molar-refractivity contribution in [1.82, 2.24) is 9.55 Å². The van der Waals surface area contributed by atoms with Gasteiger partial charge in [-0.15, -0.1) is 0 Å². The van der Waals surface area contributed by atoms with Gasteiger partial charge in [0.05, 0.1) is 17.8 Å². The Labute approximate surface area is 108 Å². The first kappa shape index (κ1) is 11.7. The number of aryl methyl sites for hydroxylation is 1. The summed E-state index contributed by atoms with van der Waals surface area (Å²) in [5.41, 5.74) is 1.44. The molecule has 0 aliphatic carbocycles. The number of nitriles is 1. The van der Waals surface area contributed by atoms with Crippen LogP contribution >= 0.6 is 15.9 Å². The normalized spacial score (nSPS) is 9.94. The maximum absolute atomic E-state index is 8.99. The van der Waals surface area contributed by atoms with Crippen molar-refractivity contribution in [2.24, 2.45) is 7.05 Å². The third-order valence-electron chi connectivity index (χ3n) is 2.46. The predicted molar refractivity (Wildman–Crippen MR) is 69.4 cm³/mol. The number of nitrogens with zero attached hydrogens (tertiary/aromatic N) is 3. The average molecular weight is 291 g/mol. The minimum absolute atomic E-state index is 0.592. The second kappa shape index (κ2) is 5.02. The smallest absolute Gasteiger partial charge is 0.127 e. The fourth-order valence-electron chi connectivity index (χ4n) is 1.50. The summed E-state index contributed by atoms with van der Waals surface area (Å²) in [5.74, 6) is 0.925. The SMILES string of the molecule is Cn1ccnc1CNc1cc(Br)ccc1C#N. The predicted octanol–water partition coefficient (Wildman–Crippen LogP) is 2.67. The topological polar surface area (TPSA) is 53.6 Å². The standard InChI is InChI=1S/C12H11BrN4/c1-17-5-4-15-12(17)8-16-11-6-10(13)3-2-9(11)7-14/h2-6,16H,8H2,1H3. The third-order valence-corrected chi connectivity index (χ3v) is 2.95. The number of benzene rings is 1. The summed E-state index contributed by atoms with van der Waals surface area (Å²) in [7, 11) is 1.94. The number of rotatable bonds is 3. The van der Waals surface area contributed by atoms with E-state index in [2.05, 4.69) is 32.3 Å². The van der Waals surface area contributed by atoms with Gasteiger partial charge in [0.1, 0.15) is 11.9 Å². The van der Waals surface area contributed by atoms with E-state index in [4.69, 9.17) is 5.26 Å². The van der Waals surface area contributed by atoms with Gasteiger partial charge in [0.25, 0.3) is 0 Å². The molecule has 0 fully saturated rings. The van der Waals surface area contributed by atoms with Crippen molar-refractivity contribution in [3.05, 3.63) is 46.5 Å². The van der Waals surface area contributed by atoms with Gasteiger partial charge in [0.2, 0.25) is 0 Å². The summed E-state index contributed by atoms with van der Waals surface area (Å²) in [5, 5.41) is 12.2. The average Bonchev–Trinajstić information content (AvgIpc) is 2.72. The monoisotopic (exact) mass is 290 g/mol. The molecule has 0 amide bonds. The van der Waals surface area contributed by atoms with Gasteiger partial charge in [-0.25, -0.2) is 4.98 Å². The zero-order chi connectivity index (χ0) is 12.3. The highest BCUT2D eigenvalue weighted by molar-refractivity contribution is 9.10. The molecule has 0 aliphatic heterocycles. The number of imidazole rings is 1. The van der Waals surface area contributed by atoms with E-state index in [0.717, 1.165) is 16.0 Å².